The fourth-order valence-electron chi connectivity index (χ4n) is 3.66. The van der Waals surface area contributed by atoms with Crippen molar-refractivity contribution in [2.45, 2.75) is 13.5 Å². The van der Waals surface area contributed by atoms with Gasteiger partial charge in [-0.3, -0.25) is 9.78 Å². The average molecular weight is 479 g/mol. The number of carbonyl (C=O) groups is 1. The van der Waals surface area contributed by atoms with Crippen LogP contribution in [-0.2, 0) is 6.54 Å². The quantitative estimate of drug-likeness (QED) is 0.260. The van der Waals surface area contributed by atoms with Crippen molar-refractivity contribution in [3.63, 3.8) is 0 Å². The molecule has 1 aromatic heterocycles. The first-order valence-electron chi connectivity index (χ1n) is 10.7. The highest BCUT2D eigenvalue weighted by Crippen LogP contribution is 2.31. The Labute approximate surface area is 203 Å². The molecule has 7 heteroatoms. The van der Waals surface area contributed by atoms with Crippen molar-refractivity contribution in [1.29, 1.82) is 0 Å². The second kappa shape index (κ2) is 10.7. The smallest absolute Gasteiger partial charge is 0.258 e. The molecule has 3 aromatic carbocycles. The maximum absolute atomic E-state index is 12.9. The summed E-state index contributed by atoms with van der Waals surface area (Å²) in [5.74, 6) is -0.375. The summed E-state index contributed by atoms with van der Waals surface area (Å²) in [5, 5.41) is 11.4. The molecule has 0 bridgehead atoms. The molecular formula is C26H24Cl2N4O. The fraction of sp³-hybridized carbons (Fsp3) is 0.154. The van der Waals surface area contributed by atoms with Crippen LogP contribution in [0.25, 0.3) is 10.9 Å². The summed E-state index contributed by atoms with van der Waals surface area (Å²) in [5.41, 5.74) is 4.81. The van der Waals surface area contributed by atoms with Crippen LogP contribution in [0.4, 0.5) is 11.4 Å². The molecule has 0 saturated heterocycles. The highest BCUT2D eigenvalue weighted by Gasteiger charge is 2.17. The number of para-hydroxylation sites is 1. The number of aromatic nitrogens is 1. The molecule has 5 nitrogen and oxygen atoms in total. The van der Waals surface area contributed by atoms with E-state index in [1.165, 1.54) is 5.56 Å². The van der Waals surface area contributed by atoms with E-state index >= 15 is 0 Å². The predicted octanol–water partition coefficient (Wildman–Crippen LogP) is 6.30. The topological polar surface area (TPSA) is 66.0 Å². The van der Waals surface area contributed by atoms with Gasteiger partial charge in [-0.2, -0.15) is 0 Å². The molecule has 168 valence electrons. The van der Waals surface area contributed by atoms with Crippen LogP contribution in [0.3, 0.4) is 0 Å². The van der Waals surface area contributed by atoms with Gasteiger partial charge in [0.05, 0.1) is 26.8 Å². The molecule has 0 fully saturated rings. The van der Waals surface area contributed by atoms with Crippen molar-refractivity contribution < 1.29 is 4.79 Å². The Hall–Kier alpha value is -3.12. The van der Waals surface area contributed by atoms with E-state index < -0.39 is 0 Å². The minimum absolute atomic E-state index is 0.243. The van der Waals surface area contributed by atoms with Crippen molar-refractivity contribution in [2.75, 3.05) is 23.7 Å². The van der Waals surface area contributed by atoms with Crippen LogP contribution >= 0.6 is 23.2 Å². The lowest BCUT2D eigenvalue weighted by atomic mass is 10.1. The molecule has 0 aliphatic heterocycles. The maximum atomic E-state index is 12.9. The molecule has 1 heterocycles. The van der Waals surface area contributed by atoms with Crippen LogP contribution < -0.4 is 16.0 Å². The Morgan fingerprint density at radius 3 is 2.39 bits per heavy atom. The van der Waals surface area contributed by atoms with Crippen molar-refractivity contribution in [3.05, 3.63) is 99.7 Å². The lowest BCUT2D eigenvalue weighted by Gasteiger charge is -2.15. The predicted molar refractivity (Wildman–Crippen MR) is 138 cm³/mol. The van der Waals surface area contributed by atoms with E-state index in [4.69, 9.17) is 23.2 Å². The molecule has 0 atom stereocenters. The summed E-state index contributed by atoms with van der Waals surface area (Å²) >= 11 is 12.4. The number of halogens is 2. The van der Waals surface area contributed by atoms with Crippen molar-refractivity contribution in [3.8, 4) is 0 Å². The number of nitrogens with one attached hydrogen (secondary N) is 3. The summed E-state index contributed by atoms with van der Waals surface area (Å²) < 4.78 is 0. The van der Waals surface area contributed by atoms with Gasteiger partial charge in [0.1, 0.15) is 0 Å². The molecule has 0 aliphatic rings. The number of hydrogen-bond donors (Lipinski definition) is 3. The first kappa shape index (κ1) is 23.1. The molecule has 0 radical (unpaired) electrons. The highest BCUT2D eigenvalue weighted by atomic mass is 35.5. The van der Waals surface area contributed by atoms with Crippen molar-refractivity contribution in [2.24, 2.45) is 0 Å². The number of amides is 1. The summed E-state index contributed by atoms with van der Waals surface area (Å²) in [6.45, 7) is 4.39. The lowest BCUT2D eigenvalue weighted by Crippen LogP contribution is -2.22. The van der Waals surface area contributed by atoms with Gasteiger partial charge >= 0.3 is 0 Å². The monoisotopic (exact) mass is 478 g/mol. The van der Waals surface area contributed by atoms with Gasteiger partial charge in [0, 0.05) is 36.9 Å². The second-order valence-corrected chi connectivity index (χ2v) is 8.47. The van der Waals surface area contributed by atoms with E-state index in [9.17, 15) is 4.79 Å². The summed E-state index contributed by atoms with van der Waals surface area (Å²) in [4.78, 5) is 17.5. The van der Waals surface area contributed by atoms with Crippen LogP contribution in [0.2, 0.25) is 10.0 Å². The van der Waals surface area contributed by atoms with Gasteiger partial charge in [-0.15, -0.1) is 0 Å². The second-order valence-electron chi connectivity index (χ2n) is 7.66. The molecule has 0 aliphatic carbocycles. The van der Waals surface area contributed by atoms with Crippen LogP contribution in [0, 0.1) is 6.92 Å². The highest BCUT2D eigenvalue weighted by molar-refractivity contribution is 6.40. The Bertz CT molecular complexity index is 1260. The van der Waals surface area contributed by atoms with Crippen LogP contribution in [-0.4, -0.2) is 24.0 Å². The number of nitrogens with zero attached hydrogens (tertiary/aromatic N) is 1. The number of carbonyl (C=O) groups excluding carboxylic acids is 1. The number of aryl methyl sites for hydroxylation is 1. The van der Waals surface area contributed by atoms with Gasteiger partial charge < -0.3 is 16.0 Å². The van der Waals surface area contributed by atoms with Crippen molar-refractivity contribution in [1.82, 2.24) is 10.3 Å². The van der Waals surface area contributed by atoms with Gasteiger partial charge in [-0.25, -0.2) is 0 Å². The minimum Gasteiger partial charge on any atom is -0.383 e. The molecule has 0 saturated carbocycles. The zero-order chi connectivity index (χ0) is 23.2. The van der Waals surface area contributed by atoms with Crippen LogP contribution in [0.5, 0.6) is 0 Å². The summed E-state index contributed by atoms with van der Waals surface area (Å²) in [6, 6.07) is 21.0. The Kier molecular flexibility index (Phi) is 7.45. The Morgan fingerprint density at radius 2 is 1.64 bits per heavy atom. The first-order valence-corrected chi connectivity index (χ1v) is 11.4. The van der Waals surface area contributed by atoms with E-state index in [1.54, 1.807) is 24.4 Å². The van der Waals surface area contributed by atoms with Gasteiger partial charge in [-0.05, 0) is 36.2 Å². The average Bonchev–Trinajstić information content (AvgIpc) is 2.81. The SMILES string of the molecule is Cc1cnc2c(NC(=O)c3c(Cl)cccc3Cl)cccc2c1NCCNCc1ccccc1. The van der Waals surface area contributed by atoms with E-state index in [0.717, 1.165) is 36.3 Å². The van der Waals surface area contributed by atoms with E-state index in [-0.39, 0.29) is 11.5 Å². The third kappa shape index (κ3) is 5.45. The van der Waals surface area contributed by atoms with E-state index in [2.05, 4.69) is 33.1 Å². The first-order chi connectivity index (χ1) is 16.0. The van der Waals surface area contributed by atoms with Gasteiger partial charge in [0.2, 0.25) is 0 Å². The fourth-order valence-corrected chi connectivity index (χ4v) is 4.23. The number of fused-ring (bicyclic) bond motifs is 1. The zero-order valence-electron chi connectivity index (χ0n) is 18.2. The van der Waals surface area contributed by atoms with E-state index in [0.29, 0.717) is 21.2 Å². The van der Waals surface area contributed by atoms with Crippen LogP contribution in [0.15, 0.2) is 72.9 Å². The normalized spacial score (nSPS) is 10.9. The Balaban J connectivity index is 1.49. The standard InChI is InChI=1S/C26H24Cl2N4O/c1-17-15-31-25-19(24(17)30-14-13-29-16-18-7-3-2-4-8-18)9-5-12-22(25)32-26(33)23-20(27)10-6-11-21(23)28/h2-12,15,29H,13-14,16H2,1H3,(H,30,31)(H,32,33). The van der Waals surface area contributed by atoms with E-state index in [1.807, 2.05) is 43.3 Å². The Morgan fingerprint density at radius 1 is 0.909 bits per heavy atom. The largest absolute Gasteiger partial charge is 0.383 e. The number of anilines is 2. The molecule has 0 spiro atoms. The molecule has 33 heavy (non-hydrogen) atoms. The number of hydrogen-bond acceptors (Lipinski definition) is 4. The lowest BCUT2D eigenvalue weighted by molar-refractivity contribution is 0.102. The summed E-state index contributed by atoms with van der Waals surface area (Å²) in [6.07, 6.45) is 1.81. The van der Waals surface area contributed by atoms with Gasteiger partial charge in [0.15, 0.2) is 0 Å². The number of pyridine rings is 1. The third-order valence-electron chi connectivity index (χ3n) is 5.30. The van der Waals surface area contributed by atoms with Gasteiger partial charge in [-0.1, -0.05) is 71.7 Å². The number of rotatable bonds is 8. The zero-order valence-corrected chi connectivity index (χ0v) is 19.7. The number of benzene rings is 3. The molecule has 3 N–H and O–H groups in total. The summed E-state index contributed by atoms with van der Waals surface area (Å²) in [7, 11) is 0. The molecule has 4 aromatic rings. The molecular weight excluding hydrogens is 455 g/mol. The molecule has 0 unspecified atom stereocenters. The van der Waals surface area contributed by atoms with Gasteiger partial charge in [0.25, 0.3) is 5.91 Å². The van der Waals surface area contributed by atoms with Crippen LogP contribution in [0.1, 0.15) is 21.5 Å². The minimum atomic E-state index is -0.375. The third-order valence-corrected chi connectivity index (χ3v) is 5.93. The van der Waals surface area contributed by atoms with Crippen molar-refractivity contribution >= 4 is 51.4 Å². The molecule has 4 rings (SSSR count). The maximum Gasteiger partial charge on any atom is 0.258 e. The molecule has 1 amide bonds.